The minimum absolute atomic E-state index is 0.249. The summed E-state index contributed by atoms with van der Waals surface area (Å²) in [7, 11) is 0. The Bertz CT molecular complexity index is 666. The van der Waals surface area contributed by atoms with Gasteiger partial charge in [0.1, 0.15) is 12.4 Å². The number of halogens is 1. The zero-order valence-corrected chi connectivity index (χ0v) is 14.6. The number of likely N-dealkylation sites (tertiary alicyclic amines) is 1. The van der Waals surface area contributed by atoms with Gasteiger partial charge in [0.15, 0.2) is 4.73 Å². The highest BCUT2D eigenvalue weighted by atomic mass is 79.9. The average Bonchev–Trinajstić information content (AvgIpc) is 2.92. The number of nitrogens with zero attached hydrogens (tertiary/aromatic N) is 4. The third-order valence-corrected chi connectivity index (χ3v) is 4.51. The summed E-state index contributed by atoms with van der Waals surface area (Å²) in [6, 6.07) is 9.98. The first-order chi connectivity index (χ1) is 11.1. The Morgan fingerprint density at radius 1 is 1.30 bits per heavy atom. The van der Waals surface area contributed by atoms with Gasteiger partial charge in [-0.2, -0.15) is 5.10 Å². The number of piperidine rings is 1. The molecule has 1 aromatic heterocycles. The van der Waals surface area contributed by atoms with Crippen LogP contribution in [0, 0.1) is 6.92 Å². The Kier molecular flexibility index (Phi) is 4.95. The van der Waals surface area contributed by atoms with Crippen LogP contribution in [-0.4, -0.2) is 38.8 Å². The number of aromatic nitrogens is 3. The smallest absolute Gasteiger partial charge is 0.410 e. The van der Waals surface area contributed by atoms with Crippen molar-refractivity contribution in [2.24, 2.45) is 0 Å². The SMILES string of the molecule is Cc1nc(Br)n(C2CCN(C(=O)OCc3ccccc3)CC2)n1. The first-order valence-corrected chi connectivity index (χ1v) is 8.47. The molecule has 0 saturated carbocycles. The lowest BCUT2D eigenvalue weighted by Crippen LogP contribution is -2.39. The van der Waals surface area contributed by atoms with Gasteiger partial charge in [-0.1, -0.05) is 30.3 Å². The summed E-state index contributed by atoms with van der Waals surface area (Å²) in [4.78, 5) is 18.2. The fraction of sp³-hybridized carbons (Fsp3) is 0.438. The number of rotatable bonds is 3. The molecule has 122 valence electrons. The normalized spacial score (nSPS) is 15.7. The molecule has 2 heterocycles. The second kappa shape index (κ2) is 7.12. The second-order valence-corrected chi connectivity index (χ2v) is 6.34. The van der Waals surface area contributed by atoms with Crippen LogP contribution in [0.25, 0.3) is 0 Å². The van der Waals surface area contributed by atoms with Gasteiger partial charge >= 0.3 is 6.09 Å². The Morgan fingerprint density at radius 3 is 2.61 bits per heavy atom. The van der Waals surface area contributed by atoms with Crippen molar-refractivity contribution in [2.75, 3.05) is 13.1 Å². The number of carbonyl (C=O) groups excluding carboxylic acids is 1. The Morgan fingerprint density at radius 2 is 2.00 bits per heavy atom. The van der Waals surface area contributed by atoms with Gasteiger partial charge in [-0.3, -0.25) is 0 Å². The molecule has 3 rings (SSSR count). The topological polar surface area (TPSA) is 60.2 Å². The van der Waals surface area contributed by atoms with Crippen LogP contribution < -0.4 is 0 Å². The highest BCUT2D eigenvalue weighted by Gasteiger charge is 2.26. The van der Waals surface area contributed by atoms with E-state index in [-0.39, 0.29) is 12.1 Å². The summed E-state index contributed by atoms with van der Waals surface area (Å²) in [5, 5.41) is 4.40. The number of hydrogen-bond donors (Lipinski definition) is 0. The molecule has 1 aliphatic rings. The van der Waals surface area contributed by atoms with Crippen molar-refractivity contribution >= 4 is 22.0 Å². The molecule has 1 aromatic carbocycles. The number of amides is 1. The van der Waals surface area contributed by atoms with Crippen molar-refractivity contribution < 1.29 is 9.53 Å². The summed E-state index contributed by atoms with van der Waals surface area (Å²) in [6.07, 6.45) is 1.45. The minimum Gasteiger partial charge on any atom is -0.445 e. The van der Waals surface area contributed by atoms with Crippen LogP contribution in [0.5, 0.6) is 0 Å². The summed E-state index contributed by atoms with van der Waals surface area (Å²) >= 11 is 3.43. The highest BCUT2D eigenvalue weighted by Crippen LogP contribution is 2.25. The molecule has 0 atom stereocenters. The van der Waals surface area contributed by atoms with Crippen LogP contribution in [0.3, 0.4) is 0 Å². The fourth-order valence-electron chi connectivity index (χ4n) is 2.74. The van der Waals surface area contributed by atoms with Gasteiger partial charge < -0.3 is 9.64 Å². The lowest BCUT2D eigenvalue weighted by Gasteiger charge is -2.31. The summed E-state index contributed by atoms with van der Waals surface area (Å²) < 4.78 is 8.03. The Hall–Kier alpha value is -1.89. The van der Waals surface area contributed by atoms with Crippen LogP contribution in [-0.2, 0) is 11.3 Å². The first-order valence-electron chi connectivity index (χ1n) is 7.68. The molecule has 1 aliphatic heterocycles. The second-order valence-electron chi connectivity index (χ2n) is 5.63. The van der Waals surface area contributed by atoms with E-state index < -0.39 is 0 Å². The molecule has 0 bridgehead atoms. The largest absolute Gasteiger partial charge is 0.445 e. The lowest BCUT2D eigenvalue weighted by atomic mass is 10.1. The van der Waals surface area contributed by atoms with E-state index in [0.29, 0.717) is 19.7 Å². The van der Waals surface area contributed by atoms with Gasteiger partial charge in [-0.15, -0.1) is 0 Å². The van der Waals surface area contributed by atoms with Crippen molar-refractivity contribution in [3.05, 3.63) is 46.5 Å². The van der Waals surface area contributed by atoms with E-state index in [4.69, 9.17) is 4.74 Å². The highest BCUT2D eigenvalue weighted by molar-refractivity contribution is 9.10. The van der Waals surface area contributed by atoms with Crippen LogP contribution in [0.15, 0.2) is 35.1 Å². The van der Waals surface area contributed by atoms with Crippen molar-refractivity contribution in [1.82, 2.24) is 19.7 Å². The molecule has 0 radical (unpaired) electrons. The molecule has 6 nitrogen and oxygen atoms in total. The average molecular weight is 379 g/mol. The third-order valence-electron chi connectivity index (χ3n) is 3.97. The number of aryl methyl sites for hydroxylation is 1. The number of hydrogen-bond acceptors (Lipinski definition) is 4. The monoisotopic (exact) mass is 378 g/mol. The van der Waals surface area contributed by atoms with Crippen molar-refractivity contribution in [3.8, 4) is 0 Å². The zero-order valence-electron chi connectivity index (χ0n) is 13.0. The van der Waals surface area contributed by atoms with Gasteiger partial charge in [0.2, 0.25) is 0 Å². The maximum atomic E-state index is 12.1. The van der Waals surface area contributed by atoms with Crippen molar-refractivity contribution in [2.45, 2.75) is 32.4 Å². The summed E-state index contributed by atoms with van der Waals surface area (Å²) in [5.74, 6) is 0.751. The predicted octanol–water partition coefficient (Wildman–Crippen LogP) is 3.32. The van der Waals surface area contributed by atoms with E-state index >= 15 is 0 Å². The van der Waals surface area contributed by atoms with E-state index in [1.165, 1.54) is 0 Å². The van der Waals surface area contributed by atoms with Gasteiger partial charge in [-0.25, -0.2) is 14.5 Å². The number of carbonyl (C=O) groups is 1. The molecule has 1 fully saturated rings. The molecule has 23 heavy (non-hydrogen) atoms. The third kappa shape index (κ3) is 3.90. The predicted molar refractivity (Wildman–Crippen MR) is 88.9 cm³/mol. The Labute approximate surface area is 143 Å². The maximum absolute atomic E-state index is 12.1. The molecule has 1 amide bonds. The zero-order chi connectivity index (χ0) is 16.2. The van der Waals surface area contributed by atoms with Crippen LogP contribution in [0.4, 0.5) is 4.79 Å². The molecule has 0 unspecified atom stereocenters. The van der Waals surface area contributed by atoms with Gasteiger partial charge in [0.05, 0.1) is 6.04 Å². The van der Waals surface area contributed by atoms with E-state index in [9.17, 15) is 4.79 Å². The van der Waals surface area contributed by atoms with Crippen LogP contribution in [0.2, 0.25) is 0 Å². The number of ether oxygens (including phenoxy) is 1. The number of benzene rings is 1. The van der Waals surface area contributed by atoms with Crippen LogP contribution in [0.1, 0.15) is 30.3 Å². The molecule has 1 saturated heterocycles. The molecule has 2 aromatic rings. The molecular weight excluding hydrogens is 360 g/mol. The standard InChI is InChI=1S/C16H19BrN4O2/c1-12-18-15(17)21(19-12)14-7-9-20(10-8-14)16(22)23-11-13-5-3-2-4-6-13/h2-6,14H,7-11H2,1H3. The van der Waals surface area contributed by atoms with E-state index in [0.717, 1.165) is 29.0 Å². The van der Waals surface area contributed by atoms with Gasteiger partial charge in [-0.05, 0) is 41.3 Å². The van der Waals surface area contributed by atoms with E-state index in [1.54, 1.807) is 4.90 Å². The summed E-state index contributed by atoms with van der Waals surface area (Å²) in [5.41, 5.74) is 0.998. The van der Waals surface area contributed by atoms with Gasteiger partial charge in [0, 0.05) is 13.1 Å². The Balaban J connectivity index is 1.50. The molecule has 0 spiro atoms. The van der Waals surface area contributed by atoms with E-state index in [2.05, 4.69) is 26.0 Å². The maximum Gasteiger partial charge on any atom is 0.410 e. The minimum atomic E-state index is -0.249. The summed E-state index contributed by atoms with van der Waals surface area (Å²) in [6.45, 7) is 3.53. The van der Waals surface area contributed by atoms with Crippen molar-refractivity contribution in [1.29, 1.82) is 0 Å². The molecule has 7 heteroatoms. The quantitative estimate of drug-likeness (QED) is 0.821. The molecular formula is C16H19BrN4O2. The van der Waals surface area contributed by atoms with Crippen LogP contribution >= 0.6 is 15.9 Å². The van der Waals surface area contributed by atoms with Gasteiger partial charge in [0.25, 0.3) is 0 Å². The first kappa shape index (κ1) is 16.0. The fourth-order valence-corrected chi connectivity index (χ4v) is 3.37. The molecule has 0 N–H and O–H groups in total. The molecule has 0 aliphatic carbocycles. The lowest BCUT2D eigenvalue weighted by molar-refractivity contribution is 0.0819. The van der Waals surface area contributed by atoms with Crippen molar-refractivity contribution in [3.63, 3.8) is 0 Å². The van der Waals surface area contributed by atoms with E-state index in [1.807, 2.05) is 41.9 Å².